The molecule has 6 heteroatoms. The van der Waals surface area contributed by atoms with Crippen LogP contribution < -0.4 is 4.74 Å². The summed E-state index contributed by atoms with van der Waals surface area (Å²) in [4.78, 5) is 12.7. The van der Waals surface area contributed by atoms with E-state index in [-0.39, 0.29) is 23.8 Å². The van der Waals surface area contributed by atoms with Crippen molar-refractivity contribution >= 4 is 17.3 Å². The number of thiophene rings is 1. The Hall–Kier alpha value is -1.11. The van der Waals surface area contributed by atoms with Crippen LogP contribution in [0, 0.1) is 6.92 Å². The molecule has 1 aromatic heterocycles. The van der Waals surface area contributed by atoms with Gasteiger partial charge in [0.15, 0.2) is 5.06 Å². The standard InChI is InChI=1S/C18H30O5S/c1-13-12-14(20-8-10-22-17(2,3)4)24-15(13)16(19)21-9-11-23-18(5,6)7/h12H,8-11H2,1-7H3. The molecule has 0 N–H and O–H groups in total. The van der Waals surface area contributed by atoms with Crippen molar-refractivity contribution in [3.8, 4) is 5.06 Å². The molecule has 138 valence electrons. The van der Waals surface area contributed by atoms with Crippen LogP contribution in [0.2, 0.25) is 0 Å². The van der Waals surface area contributed by atoms with Crippen LogP contribution >= 0.6 is 11.3 Å². The molecule has 1 heterocycles. The van der Waals surface area contributed by atoms with Gasteiger partial charge in [0, 0.05) is 0 Å². The lowest BCUT2D eigenvalue weighted by Gasteiger charge is -2.19. The molecule has 0 unspecified atom stereocenters. The van der Waals surface area contributed by atoms with Gasteiger partial charge < -0.3 is 18.9 Å². The maximum atomic E-state index is 12.1. The maximum absolute atomic E-state index is 12.1. The molecule has 0 amide bonds. The van der Waals surface area contributed by atoms with Crippen LogP contribution in [0.25, 0.3) is 0 Å². The molecule has 5 nitrogen and oxygen atoms in total. The fourth-order valence-electron chi connectivity index (χ4n) is 1.76. The normalized spacial score (nSPS) is 12.3. The quantitative estimate of drug-likeness (QED) is 0.514. The van der Waals surface area contributed by atoms with Gasteiger partial charge in [-0.15, -0.1) is 0 Å². The Morgan fingerprint density at radius 2 is 1.50 bits per heavy atom. The first-order valence-corrected chi connectivity index (χ1v) is 8.98. The van der Waals surface area contributed by atoms with E-state index in [1.807, 2.05) is 54.5 Å². The third-order valence-electron chi connectivity index (χ3n) is 2.79. The molecule has 0 bridgehead atoms. The Morgan fingerprint density at radius 1 is 0.958 bits per heavy atom. The van der Waals surface area contributed by atoms with Crippen molar-refractivity contribution in [3.05, 3.63) is 16.5 Å². The highest BCUT2D eigenvalue weighted by Crippen LogP contribution is 2.29. The average molecular weight is 359 g/mol. The molecule has 0 saturated heterocycles. The molecule has 0 spiro atoms. The van der Waals surface area contributed by atoms with Crippen LogP contribution in [0.5, 0.6) is 5.06 Å². The predicted molar refractivity (Wildman–Crippen MR) is 96.2 cm³/mol. The first kappa shape index (κ1) is 20.9. The Balaban J connectivity index is 2.41. The second kappa shape index (κ2) is 8.83. The van der Waals surface area contributed by atoms with Crippen LogP contribution in [0.1, 0.15) is 56.8 Å². The highest BCUT2D eigenvalue weighted by atomic mass is 32.1. The van der Waals surface area contributed by atoms with Gasteiger partial charge >= 0.3 is 5.97 Å². The van der Waals surface area contributed by atoms with E-state index in [9.17, 15) is 4.79 Å². The number of ether oxygens (including phenoxy) is 4. The molecule has 0 aliphatic carbocycles. The van der Waals surface area contributed by atoms with Gasteiger partial charge in [-0.25, -0.2) is 4.79 Å². The maximum Gasteiger partial charge on any atom is 0.348 e. The zero-order valence-corrected chi connectivity index (χ0v) is 16.7. The highest BCUT2D eigenvalue weighted by molar-refractivity contribution is 7.15. The van der Waals surface area contributed by atoms with E-state index in [0.29, 0.717) is 29.8 Å². The first-order chi connectivity index (χ1) is 11.0. The van der Waals surface area contributed by atoms with E-state index in [0.717, 1.165) is 5.56 Å². The van der Waals surface area contributed by atoms with Crippen molar-refractivity contribution in [1.29, 1.82) is 0 Å². The highest BCUT2D eigenvalue weighted by Gasteiger charge is 2.17. The minimum absolute atomic E-state index is 0.182. The number of rotatable bonds is 8. The van der Waals surface area contributed by atoms with Crippen LogP contribution in [0.15, 0.2) is 6.07 Å². The third-order valence-corrected chi connectivity index (χ3v) is 3.92. The van der Waals surface area contributed by atoms with Gasteiger partial charge in [0.25, 0.3) is 0 Å². The van der Waals surface area contributed by atoms with Gasteiger partial charge in [-0.2, -0.15) is 0 Å². The molecule has 0 atom stereocenters. The Kier molecular flexibility index (Phi) is 7.70. The van der Waals surface area contributed by atoms with Crippen molar-refractivity contribution in [2.24, 2.45) is 0 Å². The number of hydrogen-bond acceptors (Lipinski definition) is 6. The van der Waals surface area contributed by atoms with E-state index in [1.54, 1.807) is 0 Å². The lowest BCUT2D eigenvalue weighted by molar-refractivity contribution is -0.0280. The monoisotopic (exact) mass is 358 g/mol. The van der Waals surface area contributed by atoms with Crippen molar-refractivity contribution in [2.75, 3.05) is 26.4 Å². The van der Waals surface area contributed by atoms with Gasteiger partial charge in [0.1, 0.15) is 18.1 Å². The number of carbonyl (C=O) groups excluding carboxylic acids is 1. The summed E-state index contributed by atoms with van der Waals surface area (Å²) in [7, 11) is 0. The zero-order valence-electron chi connectivity index (χ0n) is 15.9. The summed E-state index contributed by atoms with van der Waals surface area (Å²) >= 11 is 1.30. The molecule has 0 aromatic carbocycles. The largest absolute Gasteiger partial charge is 0.482 e. The summed E-state index contributed by atoms with van der Waals surface area (Å²) in [5.74, 6) is -0.337. The minimum atomic E-state index is -0.337. The summed E-state index contributed by atoms with van der Waals surface area (Å²) in [5.41, 5.74) is 0.439. The van der Waals surface area contributed by atoms with Gasteiger partial charge in [-0.1, -0.05) is 11.3 Å². The van der Waals surface area contributed by atoms with E-state index in [1.165, 1.54) is 11.3 Å². The predicted octanol–water partition coefficient (Wildman–Crippen LogP) is 4.22. The molecular formula is C18H30O5S. The number of esters is 1. The molecule has 0 aliphatic rings. The fourth-order valence-corrected chi connectivity index (χ4v) is 2.71. The van der Waals surface area contributed by atoms with Crippen molar-refractivity contribution in [3.63, 3.8) is 0 Å². The van der Waals surface area contributed by atoms with Gasteiger partial charge in [0.05, 0.1) is 24.4 Å². The molecular weight excluding hydrogens is 328 g/mol. The molecule has 1 aromatic rings. The van der Waals surface area contributed by atoms with Gasteiger partial charge in [0.2, 0.25) is 0 Å². The number of aryl methyl sites for hydroxylation is 1. The Labute approximate surface area is 149 Å². The molecule has 0 fully saturated rings. The molecule has 0 aliphatic heterocycles. The van der Waals surface area contributed by atoms with Crippen molar-refractivity contribution in [1.82, 2.24) is 0 Å². The lowest BCUT2D eigenvalue weighted by Crippen LogP contribution is -2.22. The van der Waals surface area contributed by atoms with E-state index in [4.69, 9.17) is 18.9 Å². The van der Waals surface area contributed by atoms with E-state index in [2.05, 4.69) is 0 Å². The van der Waals surface area contributed by atoms with Crippen LogP contribution in [-0.4, -0.2) is 43.6 Å². The summed E-state index contributed by atoms with van der Waals surface area (Å²) in [5, 5.41) is 0.697. The van der Waals surface area contributed by atoms with Gasteiger partial charge in [-0.05, 0) is 60.1 Å². The van der Waals surface area contributed by atoms with E-state index >= 15 is 0 Å². The summed E-state index contributed by atoms with van der Waals surface area (Å²) < 4.78 is 22.0. The van der Waals surface area contributed by atoms with Crippen molar-refractivity contribution < 1.29 is 23.7 Å². The SMILES string of the molecule is Cc1cc(OCCOC(C)(C)C)sc1C(=O)OCCOC(C)(C)C. The van der Waals surface area contributed by atoms with E-state index < -0.39 is 0 Å². The number of carbonyl (C=O) groups is 1. The molecule has 1 rings (SSSR count). The summed E-state index contributed by atoms with van der Waals surface area (Å²) in [6.45, 7) is 15.3. The Morgan fingerprint density at radius 3 is 2.04 bits per heavy atom. The van der Waals surface area contributed by atoms with Crippen LogP contribution in [-0.2, 0) is 14.2 Å². The van der Waals surface area contributed by atoms with Gasteiger partial charge in [-0.3, -0.25) is 0 Å². The second-order valence-corrected chi connectivity index (χ2v) is 8.50. The Bertz CT molecular complexity index is 522. The third kappa shape index (κ3) is 8.66. The zero-order chi connectivity index (χ0) is 18.4. The number of hydrogen-bond donors (Lipinski definition) is 0. The fraction of sp³-hybridized carbons (Fsp3) is 0.722. The molecule has 0 saturated carbocycles. The second-order valence-electron chi connectivity index (χ2n) is 7.48. The van der Waals surface area contributed by atoms with Crippen molar-refractivity contribution in [2.45, 2.75) is 59.7 Å². The minimum Gasteiger partial charge on any atom is -0.482 e. The first-order valence-electron chi connectivity index (χ1n) is 8.16. The average Bonchev–Trinajstić information content (AvgIpc) is 2.79. The van der Waals surface area contributed by atoms with Crippen LogP contribution in [0.3, 0.4) is 0 Å². The lowest BCUT2D eigenvalue weighted by atomic mass is 10.2. The topological polar surface area (TPSA) is 54.0 Å². The summed E-state index contributed by atoms with van der Waals surface area (Å²) in [6.07, 6.45) is 0. The summed E-state index contributed by atoms with van der Waals surface area (Å²) in [6, 6.07) is 1.85. The van der Waals surface area contributed by atoms with Crippen LogP contribution in [0.4, 0.5) is 0 Å². The molecule has 0 radical (unpaired) electrons. The smallest absolute Gasteiger partial charge is 0.348 e. The molecule has 24 heavy (non-hydrogen) atoms.